The van der Waals surface area contributed by atoms with Gasteiger partial charge in [-0.15, -0.1) is 0 Å². The molecule has 0 aromatic heterocycles. The first-order valence-electron chi connectivity index (χ1n) is 7.43. The number of hydrogen-bond donors (Lipinski definition) is 5. The minimum Gasteiger partial charge on any atom is -0.481 e. The summed E-state index contributed by atoms with van der Waals surface area (Å²) in [4.78, 5) is 41.2. The number of rotatable bonds is 4. The van der Waals surface area contributed by atoms with Crippen molar-refractivity contribution in [3.63, 3.8) is 0 Å². The fourth-order valence-corrected chi connectivity index (χ4v) is 1.07. The van der Waals surface area contributed by atoms with E-state index in [0.29, 0.717) is 6.42 Å². The maximum Gasteiger partial charge on any atom is 0.335 e. The molecule has 1 fully saturated rings. The van der Waals surface area contributed by atoms with Gasteiger partial charge in [0.1, 0.15) is 0 Å². The average Bonchev–Trinajstić information content (AvgIpc) is 2.60. The Morgan fingerprint density at radius 3 is 2.12 bits per heavy atom. The molecular weight excluding hydrogens is 356 g/mol. The van der Waals surface area contributed by atoms with E-state index >= 15 is 0 Å². The fourth-order valence-electron chi connectivity index (χ4n) is 1.07. The van der Waals surface area contributed by atoms with Gasteiger partial charge in [-0.1, -0.05) is 6.58 Å². The Balaban J connectivity index is 0. The third-order valence-electron chi connectivity index (χ3n) is 2.36. The van der Waals surface area contributed by atoms with Crippen LogP contribution >= 0.6 is 0 Å². The molecule has 150 valence electrons. The number of carbonyl (C=O) groups excluding carboxylic acids is 2. The number of aliphatic hydroxyl groups excluding tert-OH is 3. The molecule has 1 heterocycles. The number of aliphatic hydroxyl groups is 3. The van der Waals surface area contributed by atoms with Crippen molar-refractivity contribution in [3.8, 4) is 0 Å². The molecule has 2 atom stereocenters. The molecule has 11 nitrogen and oxygen atoms in total. The number of ether oxygens (including phenoxy) is 2. The first kappa shape index (κ1) is 25.7. The van der Waals surface area contributed by atoms with Crippen LogP contribution in [0.15, 0.2) is 12.2 Å². The van der Waals surface area contributed by atoms with Crippen LogP contribution in [0.3, 0.4) is 0 Å². The van der Waals surface area contributed by atoms with Crippen LogP contribution < -0.4 is 0 Å². The summed E-state index contributed by atoms with van der Waals surface area (Å²) in [5.41, 5.74) is -0.303. The lowest BCUT2D eigenvalue weighted by molar-refractivity contribution is -0.157. The largest absolute Gasteiger partial charge is 0.481 e. The summed E-state index contributed by atoms with van der Waals surface area (Å²) in [5.74, 6) is -3.77. The van der Waals surface area contributed by atoms with Crippen molar-refractivity contribution >= 4 is 23.9 Å². The minimum absolute atomic E-state index is 0.139. The third-order valence-corrected chi connectivity index (χ3v) is 2.36. The second-order valence-electron chi connectivity index (χ2n) is 4.97. The van der Waals surface area contributed by atoms with Gasteiger partial charge in [0.2, 0.25) is 0 Å². The number of carboxylic acids is 2. The maximum absolute atomic E-state index is 10.8. The highest BCUT2D eigenvalue weighted by Crippen LogP contribution is 2.02. The molecule has 0 aromatic rings. The summed E-state index contributed by atoms with van der Waals surface area (Å²) in [6.07, 6.45) is -2.29. The van der Waals surface area contributed by atoms with Gasteiger partial charge in [0.05, 0.1) is 38.8 Å². The molecule has 0 bridgehead atoms. The number of hydrogen-bond acceptors (Lipinski definition) is 9. The summed E-state index contributed by atoms with van der Waals surface area (Å²) in [5, 5.41) is 41.1. The molecule has 2 unspecified atom stereocenters. The molecule has 0 radical (unpaired) electrons. The van der Waals surface area contributed by atoms with E-state index in [0.717, 1.165) is 0 Å². The highest BCUT2D eigenvalue weighted by molar-refractivity contribution is 5.91. The average molecular weight is 380 g/mol. The predicted molar refractivity (Wildman–Crippen MR) is 85.0 cm³/mol. The monoisotopic (exact) mass is 380 g/mol. The topological polar surface area (TPSA) is 188 Å². The van der Waals surface area contributed by atoms with E-state index in [1.165, 1.54) is 6.92 Å². The molecule has 0 aliphatic carbocycles. The summed E-state index contributed by atoms with van der Waals surface area (Å²) in [7, 11) is 0. The first-order valence-corrected chi connectivity index (χ1v) is 7.43. The molecule has 1 saturated heterocycles. The molecule has 0 saturated carbocycles. The van der Waals surface area contributed by atoms with Crippen LogP contribution in [-0.2, 0) is 28.7 Å². The molecule has 0 amide bonds. The van der Waals surface area contributed by atoms with E-state index < -0.39 is 42.5 Å². The Bertz CT molecular complexity index is 484. The molecule has 1 aliphatic heterocycles. The maximum atomic E-state index is 10.8. The standard InChI is InChI=1S/C7H10O5.C5H6O4.C3H8O2/c8-5-4-6(9)11-2-1-3-12-7(5)10;1-3(5(8)9)2-4(6)7;1-3(5)2-4/h5,8H,1-4H2;1-2H2,(H,6,7)(H,8,9);3-5H,2H2,1H3. The van der Waals surface area contributed by atoms with Gasteiger partial charge >= 0.3 is 23.9 Å². The van der Waals surface area contributed by atoms with Gasteiger partial charge in [-0.05, 0) is 6.92 Å². The first-order chi connectivity index (χ1) is 12.0. The van der Waals surface area contributed by atoms with E-state index in [4.69, 9.17) is 25.5 Å². The van der Waals surface area contributed by atoms with Gasteiger partial charge in [0.15, 0.2) is 6.10 Å². The molecular formula is C15H24O11. The van der Waals surface area contributed by atoms with Gasteiger partial charge in [-0.2, -0.15) is 0 Å². The number of carboxylic acid groups (broad SMARTS) is 2. The van der Waals surface area contributed by atoms with Crippen molar-refractivity contribution in [1.82, 2.24) is 0 Å². The molecule has 1 aliphatic rings. The predicted octanol–water partition coefficient (Wildman–Crippen LogP) is -1.31. The lowest BCUT2D eigenvalue weighted by atomic mass is 10.2. The molecule has 5 N–H and O–H groups in total. The van der Waals surface area contributed by atoms with E-state index in [1.807, 2.05) is 0 Å². The van der Waals surface area contributed by atoms with Gasteiger partial charge in [0, 0.05) is 12.0 Å². The smallest absolute Gasteiger partial charge is 0.335 e. The van der Waals surface area contributed by atoms with Crippen molar-refractivity contribution < 1.29 is 54.2 Å². The Kier molecular flexibility index (Phi) is 14.7. The summed E-state index contributed by atoms with van der Waals surface area (Å²) < 4.78 is 9.25. The van der Waals surface area contributed by atoms with Gasteiger partial charge in [-0.25, -0.2) is 9.59 Å². The molecule has 26 heavy (non-hydrogen) atoms. The molecule has 11 heteroatoms. The van der Waals surface area contributed by atoms with Crippen LogP contribution in [0.4, 0.5) is 0 Å². The minimum atomic E-state index is -1.38. The normalized spacial score (nSPS) is 17.9. The van der Waals surface area contributed by atoms with Crippen molar-refractivity contribution in [2.75, 3.05) is 19.8 Å². The van der Waals surface area contributed by atoms with E-state index in [1.54, 1.807) is 0 Å². The zero-order chi connectivity index (χ0) is 20.7. The van der Waals surface area contributed by atoms with Crippen molar-refractivity contribution in [3.05, 3.63) is 12.2 Å². The number of aliphatic carboxylic acids is 2. The van der Waals surface area contributed by atoms with Crippen LogP contribution in [0.5, 0.6) is 0 Å². The van der Waals surface area contributed by atoms with E-state index in [2.05, 4.69) is 16.1 Å². The fraction of sp³-hybridized carbons (Fsp3) is 0.600. The van der Waals surface area contributed by atoms with Gasteiger partial charge in [-0.3, -0.25) is 9.59 Å². The second kappa shape index (κ2) is 14.8. The highest BCUT2D eigenvalue weighted by Gasteiger charge is 2.22. The van der Waals surface area contributed by atoms with Crippen molar-refractivity contribution in [2.45, 2.75) is 38.4 Å². The van der Waals surface area contributed by atoms with Crippen LogP contribution in [0.25, 0.3) is 0 Å². The van der Waals surface area contributed by atoms with Crippen LogP contribution in [-0.4, -0.2) is 81.4 Å². The Morgan fingerprint density at radius 1 is 1.23 bits per heavy atom. The van der Waals surface area contributed by atoms with Crippen LogP contribution in [0.2, 0.25) is 0 Å². The quantitative estimate of drug-likeness (QED) is 0.288. The zero-order valence-electron chi connectivity index (χ0n) is 14.3. The van der Waals surface area contributed by atoms with Crippen LogP contribution in [0, 0.1) is 0 Å². The van der Waals surface area contributed by atoms with Gasteiger partial charge in [0.25, 0.3) is 0 Å². The Labute approximate surface area is 149 Å². The number of esters is 2. The molecule has 0 spiro atoms. The lowest BCUT2D eigenvalue weighted by Crippen LogP contribution is -2.25. The second-order valence-corrected chi connectivity index (χ2v) is 4.97. The Hall–Kier alpha value is -2.50. The number of carbonyl (C=O) groups is 4. The number of cyclic esters (lactones) is 2. The lowest BCUT2D eigenvalue weighted by Gasteiger charge is -2.05. The Morgan fingerprint density at radius 2 is 1.73 bits per heavy atom. The van der Waals surface area contributed by atoms with Crippen LogP contribution in [0.1, 0.15) is 26.2 Å². The third kappa shape index (κ3) is 16.4. The summed E-state index contributed by atoms with van der Waals surface area (Å²) in [6.45, 7) is 4.82. The summed E-state index contributed by atoms with van der Waals surface area (Å²) in [6, 6.07) is 0. The van der Waals surface area contributed by atoms with Gasteiger partial charge < -0.3 is 35.0 Å². The zero-order valence-corrected chi connectivity index (χ0v) is 14.3. The van der Waals surface area contributed by atoms with Crippen molar-refractivity contribution in [2.24, 2.45) is 0 Å². The highest BCUT2D eigenvalue weighted by atomic mass is 16.6. The molecule has 1 rings (SSSR count). The van der Waals surface area contributed by atoms with Crippen molar-refractivity contribution in [1.29, 1.82) is 0 Å². The summed E-state index contributed by atoms with van der Waals surface area (Å²) >= 11 is 0. The van der Waals surface area contributed by atoms with E-state index in [9.17, 15) is 19.2 Å². The SMILES string of the molecule is C=C(CC(=O)O)C(=O)O.CC(O)CO.O=C1CC(O)C(=O)OCCCO1. The van der Waals surface area contributed by atoms with E-state index in [-0.39, 0.29) is 31.8 Å². The molecule has 0 aromatic carbocycles.